The number of hydrogen-bond donors (Lipinski definition) is 2. The van der Waals surface area contributed by atoms with E-state index < -0.39 is 65.0 Å². The number of amides is 1. The minimum Gasteiger partial charge on any atom is -0.380 e. The lowest BCUT2D eigenvalue weighted by Crippen LogP contribution is -2.37. The van der Waals surface area contributed by atoms with Crippen LogP contribution in [-0.2, 0) is 21.9 Å². The number of nitrogens with one attached hydrogen (secondary N) is 1. The molecule has 2 aliphatic rings. The lowest BCUT2D eigenvalue weighted by atomic mass is 9.81. The van der Waals surface area contributed by atoms with Crippen LogP contribution in [0.1, 0.15) is 67.4 Å². The van der Waals surface area contributed by atoms with Crippen LogP contribution in [0.2, 0.25) is 0 Å². The van der Waals surface area contributed by atoms with Crippen molar-refractivity contribution in [1.29, 1.82) is 0 Å². The van der Waals surface area contributed by atoms with Crippen LogP contribution in [0.5, 0.6) is 0 Å². The van der Waals surface area contributed by atoms with Gasteiger partial charge in [0.1, 0.15) is 11.4 Å². The molecular weight excluding hydrogens is 507 g/mol. The lowest BCUT2D eigenvalue weighted by molar-refractivity contribution is -0.143. The normalized spacial score (nSPS) is 29.4. The summed E-state index contributed by atoms with van der Waals surface area (Å²) in [5.74, 6) is -1.72. The Labute approximate surface area is 208 Å². The average molecular weight is 533 g/mol. The first-order valence-corrected chi connectivity index (χ1v) is 11.8. The molecule has 0 bridgehead atoms. The molecule has 1 amide bonds. The van der Waals surface area contributed by atoms with Crippen LogP contribution in [0.25, 0.3) is 0 Å². The van der Waals surface area contributed by atoms with Crippen molar-refractivity contribution in [3.05, 3.63) is 70.5 Å². The monoisotopic (exact) mass is 533 g/mol. The van der Waals surface area contributed by atoms with Crippen molar-refractivity contribution in [2.45, 2.75) is 75.2 Å². The summed E-state index contributed by atoms with van der Waals surface area (Å²) in [5.41, 5.74) is -4.05. The Bertz CT molecular complexity index is 1110. The predicted molar refractivity (Wildman–Crippen MR) is 119 cm³/mol. The number of carbonyl (C=O) groups is 1. The van der Waals surface area contributed by atoms with Crippen LogP contribution in [-0.4, -0.2) is 28.8 Å². The molecule has 1 aliphatic heterocycles. The quantitative estimate of drug-likeness (QED) is 0.454. The highest BCUT2D eigenvalue weighted by molar-refractivity contribution is 5.87. The number of rotatable bonds is 5. The molecule has 1 saturated heterocycles. The zero-order valence-electron chi connectivity index (χ0n) is 20.0. The number of carbonyl (C=O) groups excluding carboxylic acids is 1. The second-order valence-electron chi connectivity index (χ2n) is 10.0. The highest BCUT2D eigenvalue weighted by Crippen LogP contribution is 2.48. The molecular formula is C26H26F7NO3. The molecule has 0 aromatic heterocycles. The number of ether oxygens (including phenoxy) is 1. The number of hydrogen-bond acceptors (Lipinski definition) is 3. The van der Waals surface area contributed by atoms with E-state index in [0.29, 0.717) is 30.5 Å². The van der Waals surface area contributed by atoms with Crippen LogP contribution in [0.4, 0.5) is 30.7 Å². The van der Waals surface area contributed by atoms with Crippen LogP contribution < -0.4 is 5.32 Å². The van der Waals surface area contributed by atoms with Gasteiger partial charge in [-0.05, 0) is 74.1 Å². The largest absolute Gasteiger partial charge is 0.416 e. The third-order valence-electron chi connectivity index (χ3n) is 7.30. The topological polar surface area (TPSA) is 58.6 Å². The number of halogens is 7. The summed E-state index contributed by atoms with van der Waals surface area (Å²) in [6.45, 7) is 2.78. The van der Waals surface area contributed by atoms with Gasteiger partial charge in [-0.3, -0.25) is 4.79 Å². The van der Waals surface area contributed by atoms with Crippen LogP contribution >= 0.6 is 0 Å². The smallest absolute Gasteiger partial charge is 0.380 e. The van der Waals surface area contributed by atoms with E-state index in [4.69, 9.17) is 4.74 Å². The second-order valence-corrected chi connectivity index (χ2v) is 10.0. The minimum absolute atomic E-state index is 0.0673. The molecule has 0 radical (unpaired) electrons. The zero-order chi connectivity index (χ0) is 27.3. The number of aliphatic hydroxyl groups is 1. The van der Waals surface area contributed by atoms with Gasteiger partial charge < -0.3 is 15.2 Å². The van der Waals surface area contributed by atoms with E-state index >= 15 is 0 Å². The van der Waals surface area contributed by atoms with Crippen molar-refractivity contribution >= 4 is 5.91 Å². The molecule has 11 heteroatoms. The molecule has 2 fully saturated rings. The van der Waals surface area contributed by atoms with Crippen molar-refractivity contribution in [2.24, 2.45) is 5.92 Å². The van der Waals surface area contributed by atoms with Crippen LogP contribution in [0.3, 0.4) is 0 Å². The Balaban J connectivity index is 1.65. The fraction of sp³-hybridized carbons (Fsp3) is 0.500. The minimum atomic E-state index is -4.98. The molecule has 2 aromatic carbocycles. The highest BCUT2D eigenvalue weighted by Gasteiger charge is 2.50. The second kappa shape index (κ2) is 9.58. The van der Waals surface area contributed by atoms with E-state index in [2.05, 4.69) is 5.32 Å². The van der Waals surface area contributed by atoms with Crippen LogP contribution in [0.15, 0.2) is 42.5 Å². The molecule has 2 N–H and O–H groups in total. The Morgan fingerprint density at radius 1 is 1.00 bits per heavy atom. The first-order valence-electron chi connectivity index (χ1n) is 11.8. The summed E-state index contributed by atoms with van der Waals surface area (Å²) in [4.78, 5) is 12.2. The Morgan fingerprint density at radius 2 is 1.57 bits per heavy atom. The van der Waals surface area contributed by atoms with Gasteiger partial charge in [0, 0.05) is 18.4 Å². The molecule has 4 rings (SSSR count). The Hall–Kier alpha value is -2.66. The standard InChI is InChI=1S/C26H26F7NO3/c1-13(15-9-16(25(28,29)30)11-17(10-15)26(31,32)33)37-21-8-7-19(20-12-24(2,36)23(35)34-20)22(21)14-3-5-18(27)6-4-14/h3-6,9-11,13,19-22,36H,7-8,12H2,1-2H3,(H,34,35)/t13-,19+,20-,21+,22+,24-/m1/s1. The molecule has 0 spiro atoms. The van der Waals surface area contributed by atoms with E-state index in [-0.39, 0.29) is 24.0 Å². The van der Waals surface area contributed by atoms with E-state index in [9.17, 15) is 40.6 Å². The SMILES string of the molecule is C[C@@H](O[C@H]1CC[C@@H]([C@H]2C[C@@](C)(O)C(=O)N2)[C@@H]1c1ccc(F)cc1)c1cc(C(F)(F)F)cc(C(F)(F)F)c1. The van der Waals surface area contributed by atoms with Gasteiger partial charge in [0.2, 0.25) is 0 Å². The Kier molecular flexibility index (Phi) is 7.09. The average Bonchev–Trinajstić information content (AvgIpc) is 3.32. The van der Waals surface area contributed by atoms with Crippen molar-refractivity contribution < 1.29 is 45.4 Å². The Morgan fingerprint density at radius 3 is 2.05 bits per heavy atom. The zero-order valence-corrected chi connectivity index (χ0v) is 20.0. The van der Waals surface area contributed by atoms with Gasteiger partial charge in [-0.25, -0.2) is 4.39 Å². The molecule has 2 aromatic rings. The van der Waals surface area contributed by atoms with E-state index in [1.807, 2.05) is 0 Å². The van der Waals surface area contributed by atoms with Gasteiger partial charge in [0.25, 0.3) is 5.91 Å². The molecule has 1 heterocycles. The predicted octanol–water partition coefficient (Wildman–Crippen LogP) is 6.14. The maximum Gasteiger partial charge on any atom is 0.416 e. The number of benzene rings is 2. The molecule has 6 atom stereocenters. The molecule has 202 valence electrons. The molecule has 37 heavy (non-hydrogen) atoms. The van der Waals surface area contributed by atoms with Crippen molar-refractivity contribution in [3.8, 4) is 0 Å². The van der Waals surface area contributed by atoms with Crippen molar-refractivity contribution in [2.75, 3.05) is 0 Å². The van der Waals surface area contributed by atoms with E-state index in [1.165, 1.54) is 26.0 Å². The first kappa shape index (κ1) is 27.4. The highest BCUT2D eigenvalue weighted by atomic mass is 19.4. The molecule has 4 nitrogen and oxygen atoms in total. The van der Waals surface area contributed by atoms with Gasteiger partial charge in [-0.1, -0.05) is 12.1 Å². The molecule has 1 aliphatic carbocycles. The summed E-state index contributed by atoms with van der Waals surface area (Å²) in [7, 11) is 0. The maximum absolute atomic E-state index is 13.6. The fourth-order valence-electron chi connectivity index (χ4n) is 5.45. The third-order valence-corrected chi connectivity index (χ3v) is 7.30. The lowest BCUT2D eigenvalue weighted by Gasteiger charge is -2.31. The van der Waals surface area contributed by atoms with Crippen molar-refractivity contribution in [1.82, 2.24) is 5.32 Å². The summed E-state index contributed by atoms with van der Waals surface area (Å²) < 4.78 is 99.8. The van der Waals surface area contributed by atoms with E-state index in [0.717, 1.165) is 0 Å². The van der Waals surface area contributed by atoms with Gasteiger partial charge in [-0.15, -0.1) is 0 Å². The summed E-state index contributed by atoms with van der Waals surface area (Å²) in [6, 6.07) is 6.50. The van der Waals surface area contributed by atoms with Gasteiger partial charge in [0.05, 0.1) is 23.3 Å². The van der Waals surface area contributed by atoms with Crippen LogP contribution in [0, 0.1) is 11.7 Å². The van der Waals surface area contributed by atoms with Crippen molar-refractivity contribution in [3.63, 3.8) is 0 Å². The first-order chi connectivity index (χ1) is 17.1. The molecule has 0 unspecified atom stereocenters. The fourth-order valence-corrected chi connectivity index (χ4v) is 5.45. The summed E-state index contributed by atoms with van der Waals surface area (Å²) >= 11 is 0. The third kappa shape index (κ3) is 5.77. The van der Waals surface area contributed by atoms with Gasteiger partial charge in [0.15, 0.2) is 0 Å². The van der Waals surface area contributed by atoms with Gasteiger partial charge >= 0.3 is 12.4 Å². The summed E-state index contributed by atoms with van der Waals surface area (Å²) in [6.07, 6.45) is -10.7. The molecule has 1 saturated carbocycles. The maximum atomic E-state index is 13.6. The van der Waals surface area contributed by atoms with E-state index in [1.54, 1.807) is 12.1 Å². The number of alkyl halides is 6. The summed E-state index contributed by atoms with van der Waals surface area (Å²) in [5, 5.41) is 13.1. The van der Waals surface area contributed by atoms with Gasteiger partial charge in [-0.2, -0.15) is 26.3 Å².